The van der Waals surface area contributed by atoms with Gasteiger partial charge in [0, 0.05) is 17.5 Å². The normalized spacial score (nSPS) is 12.0. The molecule has 1 aromatic carbocycles. The van der Waals surface area contributed by atoms with Gasteiger partial charge in [-0.25, -0.2) is 0 Å². The molecular weight excluding hydrogens is 294 g/mol. The molecule has 22 heavy (non-hydrogen) atoms. The molecule has 0 radical (unpaired) electrons. The van der Waals surface area contributed by atoms with Gasteiger partial charge in [0.05, 0.1) is 12.5 Å². The fraction of sp³-hybridized carbons (Fsp3) is 0.333. The number of carbonyl (C=O) groups excluding carboxylic acids is 2. The van der Waals surface area contributed by atoms with Crippen LogP contribution in [0, 0.1) is 13.8 Å². The quantitative estimate of drug-likeness (QED) is 0.790. The number of Topliss-reactive ketones (excluding diaryl/α,β-unsaturated/α-hetero) is 1. The number of hydrogen-bond acceptors (Lipinski definition) is 3. The van der Waals surface area contributed by atoms with Gasteiger partial charge in [0.15, 0.2) is 5.78 Å². The van der Waals surface area contributed by atoms with Crippen LogP contribution in [0.1, 0.15) is 33.3 Å². The van der Waals surface area contributed by atoms with Gasteiger partial charge >= 0.3 is 0 Å². The molecule has 0 saturated carbocycles. The molecule has 1 heterocycles. The monoisotopic (exact) mass is 315 g/mol. The molecule has 3 nitrogen and oxygen atoms in total. The number of amides is 1. The van der Waals surface area contributed by atoms with Crippen LogP contribution in [-0.4, -0.2) is 29.7 Å². The van der Waals surface area contributed by atoms with Gasteiger partial charge in [0.25, 0.3) is 0 Å². The second kappa shape index (κ2) is 6.88. The highest BCUT2D eigenvalue weighted by Crippen LogP contribution is 2.15. The van der Waals surface area contributed by atoms with E-state index in [1.54, 1.807) is 25.3 Å². The maximum Gasteiger partial charge on any atom is 0.228 e. The zero-order chi connectivity index (χ0) is 16.3. The van der Waals surface area contributed by atoms with E-state index in [9.17, 15) is 9.59 Å². The minimum atomic E-state index is -0.463. The molecule has 0 fully saturated rings. The molecule has 0 spiro atoms. The van der Waals surface area contributed by atoms with Crippen molar-refractivity contribution in [1.82, 2.24) is 4.90 Å². The van der Waals surface area contributed by atoms with Crippen LogP contribution < -0.4 is 0 Å². The second-order valence-electron chi connectivity index (χ2n) is 5.60. The van der Waals surface area contributed by atoms with E-state index in [4.69, 9.17) is 0 Å². The Balaban J connectivity index is 2.08. The fourth-order valence-corrected chi connectivity index (χ4v) is 2.91. The molecule has 116 valence electrons. The molecule has 0 N–H and O–H groups in total. The highest BCUT2D eigenvalue weighted by molar-refractivity contribution is 7.10. The smallest absolute Gasteiger partial charge is 0.228 e. The third-order valence-electron chi connectivity index (χ3n) is 4.05. The number of nitrogens with zero attached hydrogens (tertiary/aromatic N) is 1. The van der Waals surface area contributed by atoms with Gasteiger partial charge in [0.2, 0.25) is 5.91 Å². The third-order valence-corrected chi connectivity index (χ3v) is 4.93. The topological polar surface area (TPSA) is 37.4 Å². The molecule has 0 aliphatic rings. The molecule has 0 saturated heterocycles. The van der Waals surface area contributed by atoms with E-state index in [1.165, 1.54) is 4.90 Å². The van der Waals surface area contributed by atoms with Gasteiger partial charge in [-0.2, -0.15) is 0 Å². The lowest BCUT2D eigenvalue weighted by Crippen LogP contribution is -2.41. The Bertz CT molecular complexity index is 676. The molecular formula is C18H21NO2S. The van der Waals surface area contributed by atoms with Gasteiger partial charge < -0.3 is 4.90 Å². The number of ketones is 1. The summed E-state index contributed by atoms with van der Waals surface area (Å²) >= 11 is 1.56. The van der Waals surface area contributed by atoms with E-state index < -0.39 is 6.04 Å². The zero-order valence-corrected chi connectivity index (χ0v) is 14.2. The molecule has 0 bridgehead atoms. The van der Waals surface area contributed by atoms with Gasteiger partial charge in [-0.15, -0.1) is 11.3 Å². The van der Waals surface area contributed by atoms with E-state index in [1.807, 2.05) is 49.6 Å². The molecule has 2 rings (SSSR count). The Morgan fingerprint density at radius 3 is 2.50 bits per heavy atom. The van der Waals surface area contributed by atoms with Crippen LogP contribution in [0.25, 0.3) is 0 Å². The molecule has 1 aromatic heterocycles. The first-order valence-electron chi connectivity index (χ1n) is 7.29. The van der Waals surface area contributed by atoms with Crippen molar-refractivity contribution < 1.29 is 9.59 Å². The Kier molecular flexibility index (Phi) is 5.14. The van der Waals surface area contributed by atoms with Crippen LogP contribution in [0.5, 0.6) is 0 Å². The number of thiophene rings is 1. The first-order chi connectivity index (χ1) is 10.4. The number of hydrogen-bond donors (Lipinski definition) is 0. The van der Waals surface area contributed by atoms with Crippen LogP contribution in [0.4, 0.5) is 0 Å². The lowest BCUT2D eigenvalue weighted by atomic mass is 9.99. The third kappa shape index (κ3) is 3.63. The summed E-state index contributed by atoms with van der Waals surface area (Å²) in [6.07, 6.45) is 0.346. The largest absolute Gasteiger partial charge is 0.335 e. The number of rotatable bonds is 5. The Labute approximate surface area is 135 Å². The van der Waals surface area contributed by atoms with Crippen LogP contribution in [-0.2, 0) is 11.2 Å². The maximum atomic E-state index is 12.6. The maximum absolute atomic E-state index is 12.6. The van der Waals surface area contributed by atoms with Crippen LogP contribution in [0.3, 0.4) is 0 Å². The van der Waals surface area contributed by atoms with Gasteiger partial charge in [-0.05, 0) is 49.4 Å². The van der Waals surface area contributed by atoms with E-state index in [0.29, 0.717) is 12.0 Å². The minimum Gasteiger partial charge on any atom is -0.335 e. The first kappa shape index (κ1) is 16.4. The van der Waals surface area contributed by atoms with E-state index in [0.717, 1.165) is 16.0 Å². The van der Waals surface area contributed by atoms with Crippen molar-refractivity contribution >= 4 is 23.0 Å². The van der Waals surface area contributed by atoms with Crippen molar-refractivity contribution in [2.75, 3.05) is 7.05 Å². The van der Waals surface area contributed by atoms with Crippen molar-refractivity contribution in [2.24, 2.45) is 0 Å². The Morgan fingerprint density at radius 1 is 1.18 bits per heavy atom. The average molecular weight is 315 g/mol. The molecule has 0 aliphatic heterocycles. The number of likely N-dealkylation sites (N-methyl/N-ethyl adjacent to an activating group) is 1. The highest BCUT2D eigenvalue weighted by atomic mass is 32.1. The second-order valence-corrected chi connectivity index (χ2v) is 6.63. The Morgan fingerprint density at radius 2 is 1.91 bits per heavy atom. The van der Waals surface area contributed by atoms with Crippen molar-refractivity contribution in [3.8, 4) is 0 Å². The summed E-state index contributed by atoms with van der Waals surface area (Å²) < 4.78 is 0. The number of benzene rings is 1. The minimum absolute atomic E-state index is 0.0230. The van der Waals surface area contributed by atoms with Crippen LogP contribution >= 0.6 is 11.3 Å². The summed E-state index contributed by atoms with van der Waals surface area (Å²) in [6, 6.07) is 9.07. The summed E-state index contributed by atoms with van der Waals surface area (Å²) in [6.45, 7) is 5.79. The van der Waals surface area contributed by atoms with Gasteiger partial charge in [-0.3, -0.25) is 9.59 Å². The van der Waals surface area contributed by atoms with E-state index in [-0.39, 0.29) is 11.7 Å². The lowest BCUT2D eigenvalue weighted by molar-refractivity contribution is -0.130. The van der Waals surface area contributed by atoms with Crippen LogP contribution in [0.15, 0.2) is 35.7 Å². The molecule has 0 aliphatic carbocycles. The molecule has 1 unspecified atom stereocenters. The summed E-state index contributed by atoms with van der Waals surface area (Å²) in [7, 11) is 1.69. The van der Waals surface area contributed by atoms with Crippen molar-refractivity contribution in [3.63, 3.8) is 0 Å². The molecule has 4 heteroatoms. The predicted octanol–water partition coefficient (Wildman–Crippen LogP) is 3.64. The van der Waals surface area contributed by atoms with E-state index in [2.05, 4.69) is 0 Å². The SMILES string of the molecule is Cc1ccc(C(=O)C(C)N(C)C(=O)Cc2cccs2)cc1C. The summed E-state index contributed by atoms with van der Waals surface area (Å²) in [4.78, 5) is 27.4. The molecule has 1 amide bonds. The fourth-order valence-electron chi connectivity index (χ4n) is 2.21. The van der Waals surface area contributed by atoms with Crippen LogP contribution in [0.2, 0.25) is 0 Å². The van der Waals surface area contributed by atoms with Crippen molar-refractivity contribution in [1.29, 1.82) is 0 Å². The van der Waals surface area contributed by atoms with Gasteiger partial charge in [0.1, 0.15) is 0 Å². The standard InChI is InChI=1S/C18H21NO2S/c1-12-7-8-15(10-13(12)2)18(21)14(3)19(4)17(20)11-16-6-5-9-22-16/h5-10,14H,11H2,1-4H3. The molecule has 2 aromatic rings. The predicted molar refractivity (Wildman–Crippen MR) is 90.5 cm³/mol. The first-order valence-corrected chi connectivity index (χ1v) is 8.17. The lowest BCUT2D eigenvalue weighted by Gasteiger charge is -2.24. The molecule has 1 atom stereocenters. The number of aryl methyl sites for hydroxylation is 2. The summed E-state index contributed by atoms with van der Waals surface area (Å²) in [5.74, 6) is -0.0581. The van der Waals surface area contributed by atoms with E-state index >= 15 is 0 Å². The average Bonchev–Trinajstić information content (AvgIpc) is 3.00. The zero-order valence-electron chi connectivity index (χ0n) is 13.4. The highest BCUT2D eigenvalue weighted by Gasteiger charge is 2.23. The summed E-state index contributed by atoms with van der Waals surface area (Å²) in [5, 5.41) is 1.95. The van der Waals surface area contributed by atoms with Gasteiger partial charge in [-0.1, -0.05) is 18.2 Å². The van der Waals surface area contributed by atoms with Crippen molar-refractivity contribution in [2.45, 2.75) is 33.2 Å². The number of carbonyl (C=O) groups is 2. The summed E-state index contributed by atoms with van der Waals surface area (Å²) in [5.41, 5.74) is 2.91. The van der Waals surface area contributed by atoms with Crippen molar-refractivity contribution in [3.05, 3.63) is 57.3 Å². The Hall–Kier alpha value is -1.94.